The lowest BCUT2D eigenvalue weighted by Crippen LogP contribution is -2.27. The molecule has 30 heavy (non-hydrogen) atoms. The zero-order valence-corrected chi connectivity index (χ0v) is 18.7. The van der Waals surface area contributed by atoms with E-state index in [1.807, 2.05) is 53.9 Å². The van der Waals surface area contributed by atoms with Crippen molar-refractivity contribution in [1.29, 1.82) is 0 Å². The molecule has 0 bridgehead atoms. The molecule has 4 rings (SSSR count). The fraction of sp³-hybridized carbons (Fsp3) is 0.227. The predicted octanol–water partition coefficient (Wildman–Crippen LogP) is 5.32. The third-order valence-corrected chi connectivity index (χ3v) is 7.98. The fourth-order valence-corrected chi connectivity index (χ4v) is 6.29. The average Bonchev–Trinajstić information content (AvgIpc) is 2.75. The van der Waals surface area contributed by atoms with Crippen LogP contribution in [0.2, 0.25) is 5.02 Å². The molecule has 2 aromatic carbocycles. The van der Waals surface area contributed by atoms with Crippen molar-refractivity contribution in [1.82, 2.24) is 9.78 Å². The first-order valence-corrected chi connectivity index (χ1v) is 12.0. The molecule has 1 fully saturated rings. The molecule has 0 radical (unpaired) electrons. The highest BCUT2D eigenvalue weighted by molar-refractivity contribution is 8.16. The number of nitrogens with one attached hydrogen (secondary N) is 1. The van der Waals surface area contributed by atoms with Crippen LogP contribution in [0.5, 0.6) is 0 Å². The van der Waals surface area contributed by atoms with Gasteiger partial charge in [-0.1, -0.05) is 35.9 Å². The molecule has 1 saturated heterocycles. The Bertz CT molecular complexity index is 1140. The summed E-state index contributed by atoms with van der Waals surface area (Å²) in [4.78, 5) is 25.4. The molecule has 0 atom stereocenters. The number of carbonyl (C=O) groups is 1. The molecule has 1 amide bonds. The standard InChI is InChI=1S/C22H20ClN3O2S2/c1-14-12-19(27)20(25-26(14)18-9-3-2-8-17(18)23)21(28)24-16-7-4-6-15(13-16)22-29-10-5-11-30-22/h2-4,6-9,12-13,22H,5,10-11H2,1H3,(H,24,28). The smallest absolute Gasteiger partial charge is 0.280 e. The summed E-state index contributed by atoms with van der Waals surface area (Å²) in [7, 11) is 0. The zero-order valence-electron chi connectivity index (χ0n) is 16.3. The van der Waals surface area contributed by atoms with E-state index in [-0.39, 0.29) is 5.69 Å². The zero-order chi connectivity index (χ0) is 21.1. The first kappa shape index (κ1) is 21.0. The van der Waals surface area contributed by atoms with E-state index >= 15 is 0 Å². The maximum Gasteiger partial charge on any atom is 0.280 e. The summed E-state index contributed by atoms with van der Waals surface area (Å²) in [5.41, 5.74) is 2.41. The Morgan fingerprint density at radius 1 is 1.13 bits per heavy atom. The summed E-state index contributed by atoms with van der Waals surface area (Å²) >= 11 is 10.1. The van der Waals surface area contributed by atoms with Crippen LogP contribution in [0.25, 0.3) is 5.69 Å². The molecule has 1 aliphatic rings. The first-order chi connectivity index (χ1) is 14.5. The van der Waals surface area contributed by atoms with Gasteiger partial charge in [0.15, 0.2) is 5.69 Å². The molecule has 3 aromatic rings. The number of hydrogen-bond acceptors (Lipinski definition) is 5. The van der Waals surface area contributed by atoms with E-state index in [0.29, 0.717) is 26.7 Å². The van der Waals surface area contributed by atoms with Gasteiger partial charge in [-0.3, -0.25) is 9.59 Å². The highest BCUT2D eigenvalue weighted by atomic mass is 35.5. The van der Waals surface area contributed by atoms with E-state index in [9.17, 15) is 9.59 Å². The SMILES string of the molecule is Cc1cc(=O)c(C(=O)Nc2cccc(C3SCCCS3)c2)nn1-c1ccccc1Cl. The van der Waals surface area contributed by atoms with E-state index in [1.165, 1.54) is 17.2 Å². The van der Waals surface area contributed by atoms with Crippen LogP contribution in [0.3, 0.4) is 0 Å². The highest BCUT2D eigenvalue weighted by Crippen LogP contribution is 2.44. The number of nitrogens with zero attached hydrogens (tertiary/aromatic N) is 2. The van der Waals surface area contributed by atoms with E-state index in [4.69, 9.17) is 11.6 Å². The Labute approximate surface area is 188 Å². The van der Waals surface area contributed by atoms with Crippen molar-refractivity contribution in [2.75, 3.05) is 16.8 Å². The molecule has 1 aromatic heterocycles. The summed E-state index contributed by atoms with van der Waals surface area (Å²) < 4.78 is 1.88. The van der Waals surface area contributed by atoms with Crippen molar-refractivity contribution in [3.05, 3.63) is 86.8 Å². The molecule has 2 heterocycles. The van der Waals surface area contributed by atoms with Crippen LogP contribution in [0.1, 0.15) is 32.7 Å². The van der Waals surface area contributed by atoms with Gasteiger partial charge >= 0.3 is 0 Å². The lowest BCUT2D eigenvalue weighted by atomic mass is 10.2. The second-order valence-corrected chi connectivity index (χ2v) is 10.0. The van der Waals surface area contributed by atoms with E-state index < -0.39 is 11.3 Å². The van der Waals surface area contributed by atoms with Crippen LogP contribution in [0.4, 0.5) is 5.69 Å². The third-order valence-electron chi connectivity index (χ3n) is 4.65. The molecule has 5 nitrogen and oxygen atoms in total. The van der Waals surface area contributed by atoms with Crippen molar-refractivity contribution >= 4 is 46.7 Å². The first-order valence-electron chi connectivity index (χ1n) is 9.53. The molecule has 1 aliphatic heterocycles. The van der Waals surface area contributed by atoms with Gasteiger partial charge in [0, 0.05) is 17.4 Å². The van der Waals surface area contributed by atoms with Crippen LogP contribution in [-0.4, -0.2) is 27.2 Å². The minimum absolute atomic E-state index is 0.174. The van der Waals surface area contributed by atoms with Crippen LogP contribution in [0, 0.1) is 6.92 Å². The number of para-hydroxylation sites is 1. The van der Waals surface area contributed by atoms with E-state index in [2.05, 4.69) is 16.5 Å². The number of thioether (sulfide) groups is 2. The van der Waals surface area contributed by atoms with Crippen molar-refractivity contribution in [2.24, 2.45) is 0 Å². The van der Waals surface area contributed by atoms with Gasteiger partial charge in [-0.2, -0.15) is 5.10 Å². The molecular weight excluding hydrogens is 438 g/mol. The van der Waals surface area contributed by atoms with Gasteiger partial charge in [-0.25, -0.2) is 4.68 Å². The van der Waals surface area contributed by atoms with Crippen molar-refractivity contribution in [3.8, 4) is 5.69 Å². The minimum atomic E-state index is -0.540. The van der Waals surface area contributed by atoms with E-state index in [0.717, 1.165) is 17.1 Å². The van der Waals surface area contributed by atoms with Crippen LogP contribution in [-0.2, 0) is 0 Å². The van der Waals surface area contributed by atoms with Crippen LogP contribution < -0.4 is 10.7 Å². The summed E-state index contributed by atoms with van der Waals surface area (Å²) in [5.74, 6) is 1.74. The Kier molecular flexibility index (Phi) is 6.51. The van der Waals surface area contributed by atoms with Gasteiger partial charge in [-0.05, 0) is 54.7 Å². The topological polar surface area (TPSA) is 64.0 Å². The van der Waals surface area contributed by atoms with Gasteiger partial charge in [0.2, 0.25) is 5.43 Å². The van der Waals surface area contributed by atoms with Crippen LogP contribution in [0.15, 0.2) is 59.4 Å². The maximum atomic E-state index is 12.9. The molecule has 8 heteroatoms. The number of halogens is 1. The second kappa shape index (κ2) is 9.29. The minimum Gasteiger partial charge on any atom is -0.320 e. The molecule has 0 spiro atoms. The second-order valence-electron chi connectivity index (χ2n) is 6.87. The Balaban J connectivity index is 1.62. The molecule has 154 valence electrons. The summed E-state index contributed by atoms with van der Waals surface area (Å²) in [6.07, 6.45) is 1.22. The highest BCUT2D eigenvalue weighted by Gasteiger charge is 2.19. The number of amides is 1. The fourth-order valence-electron chi connectivity index (χ4n) is 3.21. The molecule has 0 aliphatic carbocycles. The van der Waals surface area contributed by atoms with Gasteiger partial charge in [0.1, 0.15) is 0 Å². The van der Waals surface area contributed by atoms with Gasteiger partial charge in [0.25, 0.3) is 5.91 Å². The average molecular weight is 458 g/mol. The Hall–Kier alpha value is -2.22. The lowest BCUT2D eigenvalue weighted by Gasteiger charge is -2.21. The van der Waals surface area contributed by atoms with Crippen molar-refractivity contribution in [2.45, 2.75) is 17.9 Å². The number of benzene rings is 2. The van der Waals surface area contributed by atoms with Gasteiger partial charge in [0.05, 0.1) is 15.3 Å². The summed E-state index contributed by atoms with van der Waals surface area (Å²) in [5, 5.41) is 7.62. The van der Waals surface area contributed by atoms with Gasteiger partial charge in [-0.15, -0.1) is 23.5 Å². The number of anilines is 1. The predicted molar refractivity (Wildman–Crippen MR) is 126 cm³/mol. The number of aryl methyl sites for hydroxylation is 1. The lowest BCUT2D eigenvalue weighted by molar-refractivity contribution is 0.101. The van der Waals surface area contributed by atoms with Crippen molar-refractivity contribution in [3.63, 3.8) is 0 Å². The number of aromatic nitrogens is 2. The number of hydrogen-bond donors (Lipinski definition) is 1. The quantitative estimate of drug-likeness (QED) is 0.574. The number of rotatable bonds is 4. The largest absolute Gasteiger partial charge is 0.320 e. The third kappa shape index (κ3) is 4.58. The normalized spacial score (nSPS) is 14.5. The molecule has 1 N–H and O–H groups in total. The van der Waals surface area contributed by atoms with E-state index in [1.54, 1.807) is 19.1 Å². The monoisotopic (exact) mass is 457 g/mol. The Morgan fingerprint density at radius 3 is 2.67 bits per heavy atom. The number of carbonyl (C=O) groups excluding carboxylic acids is 1. The summed E-state index contributed by atoms with van der Waals surface area (Å²) in [6.45, 7) is 1.75. The maximum absolute atomic E-state index is 12.9. The Morgan fingerprint density at radius 2 is 1.90 bits per heavy atom. The van der Waals surface area contributed by atoms with Crippen LogP contribution >= 0.6 is 35.1 Å². The van der Waals surface area contributed by atoms with Crippen molar-refractivity contribution < 1.29 is 4.79 Å². The van der Waals surface area contributed by atoms with Gasteiger partial charge < -0.3 is 5.32 Å². The molecule has 0 saturated carbocycles. The molecule has 0 unspecified atom stereocenters. The summed E-state index contributed by atoms with van der Waals surface area (Å²) in [6, 6.07) is 16.3. The molecular formula is C22H20ClN3O2S2.